The number of carbonyl (C=O) groups excluding carboxylic acids is 1. The molecule has 0 aliphatic heterocycles. The molecule has 6 heteroatoms. The summed E-state index contributed by atoms with van der Waals surface area (Å²) in [7, 11) is 1.76. The van der Waals surface area contributed by atoms with Gasteiger partial charge < -0.3 is 16.0 Å². The maximum Gasteiger partial charge on any atom is 0.221 e. The van der Waals surface area contributed by atoms with E-state index >= 15 is 0 Å². The number of anilines is 1. The maximum atomic E-state index is 11.1. The summed E-state index contributed by atoms with van der Waals surface area (Å²) in [6.45, 7) is 7.06. The lowest BCUT2D eigenvalue weighted by molar-refractivity contribution is -0.114. The van der Waals surface area contributed by atoms with Crippen LogP contribution in [0.4, 0.5) is 5.69 Å². The zero-order valence-electron chi connectivity index (χ0n) is 15.7. The van der Waals surface area contributed by atoms with Crippen LogP contribution >= 0.6 is 24.0 Å². The molecular weight excluding hydrogens is 439 g/mol. The van der Waals surface area contributed by atoms with Gasteiger partial charge in [-0.15, -0.1) is 24.0 Å². The van der Waals surface area contributed by atoms with Gasteiger partial charge >= 0.3 is 0 Å². The lowest BCUT2D eigenvalue weighted by Crippen LogP contribution is -2.36. The fourth-order valence-corrected chi connectivity index (χ4v) is 2.59. The van der Waals surface area contributed by atoms with Gasteiger partial charge in [0.1, 0.15) is 0 Å². The first-order valence-corrected chi connectivity index (χ1v) is 8.35. The summed E-state index contributed by atoms with van der Waals surface area (Å²) in [6.07, 6.45) is 0. The summed E-state index contributed by atoms with van der Waals surface area (Å²) in [4.78, 5) is 15.4. The molecule has 2 aromatic rings. The highest BCUT2D eigenvalue weighted by atomic mass is 127. The van der Waals surface area contributed by atoms with Gasteiger partial charge in [0.2, 0.25) is 5.91 Å². The zero-order chi connectivity index (χ0) is 18.2. The van der Waals surface area contributed by atoms with Crippen LogP contribution in [0.25, 0.3) is 0 Å². The Morgan fingerprint density at radius 3 is 2.42 bits per heavy atom. The topological polar surface area (TPSA) is 65.5 Å². The molecule has 0 aliphatic rings. The minimum atomic E-state index is -0.0731. The number of aliphatic imine (C=N–C) groups is 1. The van der Waals surface area contributed by atoms with Crippen LogP contribution in [0.2, 0.25) is 0 Å². The number of hydrogen-bond acceptors (Lipinski definition) is 2. The second-order valence-electron chi connectivity index (χ2n) is 6.09. The van der Waals surface area contributed by atoms with Crippen molar-refractivity contribution in [1.29, 1.82) is 0 Å². The Labute approximate surface area is 172 Å². The molecule has 0 saturated heterocycles. The molecule has 2 aromatic carbocycles. The lowest BCUT2D eigenvalue weighted by atomic mass is 10.1. The molecule has 0 bridgehead atoms. The Hall–Kier alpha value is -2.09. The van der Waals surface area contributed by atoms with E-state index < -0.39 is 0 Å². The fraction of sp³-hybridized carbons (Fsp3) is 0.300. The first-order chi connectivity index (χ1) is 12.0. The van der Waals surface area contributed by atoms with E-state index in [2.05, 4.69) is 53.0 Å². The number of benzene rings is 2. The van der Waals surface area contributed by atoms with E-state index in [4.69, 9.17) is 0 Å². The first-order valence-electron chi connectivity index (χ1n) is 8.35. The van der Waals surface area contributed by atoms with E-state index in [0.717, 1.165) is 23.8 Å². The fourth-order valence-electron chi connectivity index (χ4n) is 2.59. The molecule has 0 heterocycles. The predicted octanol–water partition coefficient (Wildman–Crippen LogP) is 3.75. The molecule has 0 unspecified atom stereocenters. The van der Waals surface area contributed by atoms with Crippen molar-refractivity contribution in [3.8, 4) is 0 Å². The highest BCUT2D eigenvalue weighted by Crippen LogP contribution is 2.11. The van der Waals surface area contributed by atoms with Gasteiger partial charge in [-0.25, -0.2) is 0 Å². The van der Waals surface area contributed by atoms with Gasteiger partial charge in [0.05, 0.1) is 0 Å². The molecule has 0 radical (unpaired) electrons. The summed E-state index contributed by atoms with van der Waals surface area (Å²) < 4.78 is 0. The van der Waals surface area contributed by atoms with Crippen LogP contribution in [0.3, 0.4) is 0 Å². The first kappa shape index (κ1) is 22.0. The van der Waals surface area contributed by atoms with Crippen molar-refractivity contribution in [3.05, 3.63) is 64.7 Å². The number of hydrogen-bond donors (Lipinski definition) is 3. The number of amides is 1. The zero-order valence-corrected chi connectivity index (χ0v) is 18.0. The summed E-state index contributed by atoms with van der Waals surface area (Å²) >= 11 is 0. The molecule has 1 amide bonds. The van der Waals surface area contributed by atoms with Crippen molar-refractivity contribution in [1.82, 2.24) is 10.6 Å². The SMILES string of the molecule is CN=C(NCc1cccc(NC(C)=O)c1)NCc1ccc(C)cc1C.I. The number of rotatable bonds is 5. The third kappa shape index (κ3) is 7.03. The summed E-state index contributed by atoms with van der Waals surface area (Å²) in [5.41, 5.74) is 5.65. The van der Waals surface area contributed by atoms with Crippen LogP contribution in [0.1, 0.15) is 29.2 Å². The number of guanidine groups is 1. The maximum absolute atomic E-state index is 11.1. The van der Waals surface area contributed by atoms with E-state index in [1.54, 1.807) is 7.05 Å². The van der Waals surface area contributed by atoms with Crippen LogP contribution in [0.15, 0.2) is 47.5 Å². The van der Waals surface area contributed by atoms with Crippen LogP contribution in [0.5, 0.6) is 0 Å². The molecule has 0 spiro atoms. The van der Waals surface area contributed by atoms with Crippen molar-refractivity contribution in [2.75, 3.05) is 12.4 Å². The molecule has 3 N–H and O–H groups in total. The van der Waals surface area contributed by atoms with E-state index in [0.29, 0.717) is 6.54 Å². The Bertz CT molecular complexity index is 774. The molecule has 140 valence electrons. The molecule has 0 saturated carbocycles. The second-order valence-corrected chi connectivity index (χ2v) is 6.09. The molecule has 2 rings (SSSR count). The molecule has 26 heavy (non-hydrogen) atoms. The molecule has 0 aromatic heterocycles. The average Bonchev–Trinajstić information content (AvgIpc) is 2.56. The van der Waals surface area contributed by atoms with Crippen molar-refractivity contribution < 1.29 is 4.79 Å². The number of halogens is 1. The smallest absolute Gasteiger partial charge is 0.221 e. The third-order valence-electron chi connectivity index (χ3n) is 3.88. The average molecular weight is 466 g/mol. The number of nitrogens with zero attached hydrogens (tertiary/aromatic N) is 1. The van der Waals surface area contributed by atoms with Crippen LogP contribution in [-0.4, -0.2) is 18.9 Å². The minimum Gasteiger partial charge on any atom is -0.352 e. The van der Waals surface area contributed by atoms with Crippen LogP contribution in [-0.2, 0) is 17.9 Å². The van der Waals surface area contributed by atoms with Gasteiger partial charge in [-0.1, -0.05) is 35.9 Å². The Kier molecular flexibility index (Phi) is 9.12. The van der Waals surface area contributed by atoms with Gasteiger partial charge in [0, 0.05) is 32.7 Å². The van der Waals surface area contributed by atoms with Gasteiger partial charge in [0.15, 0.2) is 5.96 Å². The summed E-state index contributed by atoms with van der Waals surface area (Å²) in [5, 5.41) is 9.42. The number of carbonyl (C=O) groups is 1. The van der Waals surface area contributed by atoms with Crippen LogP contribution in [0, 0.1) is 13.8 Å². The Morgan fingerprint density at radius 1 is 1.04 bits per heavy atom. The summed E-state index contributed by atoms with van der Waals surface area (Å²) in [6, 6.07) is 14.2. The van der Waals surface area contributed by atoms with E-state index in [1.165, 1.54) is 23.6 Å². The van der Waals surface area contributed by atoms with Crippen LogP contribution < -0.4 is 16.0 Å². The van der Waals surface area contributed by atoms with Gasteiger partial charge in [-0.2, -0.15) is 0 Å². The number of nitrogens with one attached hydrogen (secondary N) is 3. The largest absolute Gasteiger partial charge is 0.352 e. The minimum absolute atomic E-state index is 0. The van der Waals surface area contributed by atoms with E-state index in [1.807, 2.05) is 24.3 Å². The summed E-state index contributed by atoms with van der Waals surface area (Å²) in [5.74, 6) is 0.668. The molecule has 0 fully saturated rings. The van der Waals surface area contributed by atoms with Gasteiger partial charge in [-0.3, -0.25) is 9.79 Å². The lowest BCUT2D eigenvalue weighted by Gasteiger charge is -2.14. The van der Waals surface area contributed by atoms with Crippen molar-refractivity contribution in [2.24, 2.45) is 4.99 Å². The van der Waals surface area contributed by atoms with E-state index in [-0.39, 0.29) is 29.9 Å². The molecule has 0 aliphatic carbocycles. The molecule has 5 nitrogen and oxygen atoms in total. The second kappa shape index (κ2) is 10.8. The van der Waals surface area contributed by atoms with Gasteiger partial charge in [0.25, 0.3) is 0 Å². The monoisotopic (exact) mass is 466 g/mol. The third-order valence-corrected chi connectivity index (χ3v) is 3.88. The normalized spacial score (nSPS) is 10.7. The van der Waals surface area contributed by atoms with Crippen molar-refractivity contribution in [2.45, 2.75) is 33.9 Å². The van der Waals surface area contributed by atoms with E-state index in [9.17, 15) is 4.79 Å². The van der Waals surface area contributed by atoms with Gasteiger partial charge in [-0.05, 0) is 42.7 Å². The highest BCUT2D eigenvalue weighted by Gasteiger charge is 2.03. The molecular formula is C20H27IN4O. The number of aryl methyl sites for hydroxylation is 2. The van der Waals surface area contributed by atoms with Crippen molar-refractivity contribution in [3.63, 3.8) is 0 Å². The Morgan fingerprint density at radius 2 is 1.77 bits per heavy atom. The standard InChI is InChI=1S/C20H26N4O.HI/c1-14-8-9-18(15(2)10-14)13-23-20(21-4)22-12-17-6-5-7-19(11-17)24-16(3)25;/h5-11H,12-13H2,1-4H3,(H,24,25)(H2,21,22,23);1H. The predicted molar refractivity (Wildman–Crippen MR) is 119 cm³/mol. The quantitative estimate of drug-likeness (QED) is 0.358. The molecule has 0 atom stereocenters. The highest BCUT2D eigenvalue weighted by molar-refractivity contribution is 14.0. The van der Waals surface area contributed by atoms with Crippen molar-refractivity contribution >= 4 is 41.5 Å². The Balaban J connectivity index is 0.00000338.